The molecule has 28 heavy (non-hydrogen) atoms. The Hall–Kier alpha value is -3.54. The van der Waals surface area contributed by atoms with Crippen molar-refractivity contribution in [3.05, 3.63) is 71.4 Å². The number of pyridine rings is 1. The molecular weight excluding hydrogens is 356 g/mol. The second-order valence-electron chi connectivity index (χ2n) is 6.50. The largest absolute Gasteiger partial charge is 0.449 e. The lowest BCUT2D eigenvalue weighted by atomic mass is 10.1. The molecule has 0 bridgehead atoms. The smallest absolute Gasteiger partial charge is 0.339 e. The van der Waals surface area contributed by atoms with E-state index in [1.54, 1.807) is 43.3 Å². The molecule has 2 aromatic carbocycles. The van der Waals surface area contributed by atoms with Gasteiger partial charge in [0, 0.05) is 22.3 Å². The molecule has 1 aromatic heterocycles. The number of hydrogen-bond donors (Lipinski definition) is 1. The molecule has 142 valence electrons. The summed E-state index contributed by atoms with van der Waals surface area (Å²) in [6.45, 7) is 4.74. The van der Waals surface area contributed by atoms with E-state index in [-0.39, 0.29) is 5.78 Å². The number of aryl methyl sites for hydroxylation is 1. The standard InChI is InChI=1S/C22H20N2O4/c1-13-11-19(18-9-4-5-10-20(18)23-13)22(27)28-15(3)21(26)24-17-8-6-7-16(12-17)14(2)25/h4-12,15H,1-3H3,(H,24,26)/t15-/m1/s1. The Morgan fingerprint density at radius 2 is 1.79 bits per heavy atom. The number of para-hydroxylation sites is 1. The zero-order valence-corrected chi connectivity index (χ0v) is 15.9. The van der Waals surface area contributed by atoms with Crippen LogP contribution in [0.15, 0.2) is 54.6 Å². The van der Waals surface area contributed by atoms with E-state index in [1.165, 1.54) is 13.8 Å². The molecular formula is C22H20N2O4. The van der Waals surface area contributed by atoms with Crippen LogP contribution in [0.5, 0.6) is 0 Å². The highest BCUT2D eigenvalue weighted by Crippen LogP contribution is 2.20. The highest BCUT2D eigenvalue weighted by atomic mass is 16.5. The van der Waals surface area contributed by atoms with Crippen LogP contribution in [0.25, 0.3) is 10.9 Å². The number of esters is 1. The molecule has 3 rings (SSSR count). The number of amides is 1. The van der Waals surface area contributed by atoms with Gasteiger partial charge >= 0.3 is 5.97 Å². The zero-order valence-electron chi connectivity index (χ0n) is 15.9. The molecule has 6 heteroatoms. The molecule has 0 spiro atoms. The number of aromatic nitrogens is 1. The Morgan fingerprint density at radius 3 is 2.54 bits per heavy atom. The Morgan fingerprint density at radius 1 is 1.04 bits per heavy atom. The van der Waals surface area contributed by atoms with Crippen molar-refractivity contribution in [2.24, 2.45) is 0 Å². The minimum atomic E-state index is -1.01. The van der Waals surface area contributed by atoms with Crippen molar-refractivity contribution in [3.8, 4) is 0 Å². The van der Waals surface area contributed by atoms with Gasteiger partial charge in [0.15, 0.2) is 11.9 Å². The number of anilines is 1. The second kappa shape index (κ2) is 8.00. The number of nitrogens with one attached hydrogen (secondary N) is 1. The third-order valence-corrected chi connectivity index (χ3v) is 4.25. The van der Waals surface area contributed by atoms with Crippen LogP contribution in [0, 0.1) is 6.92 Å². The summed E-state index contributed by atoms with van der Waals surface area (Å²) >= 11 is 0. The average Bonchev–Trinajstić information content (AvgIpc) is 2.67. The molecule has 0 saturated heterocycles. The average molecular weight is 376 g/mol. The van der Waals surface area contributed by atoms with Gasteiger partial charge < -0.3 is 10.1 Å². The van der Waals surface area contributed by atoms with E-state index < -0.39 is 18.0 Å². The van der Waals surface area contributed by atoms with Crippen LogP contribution in [0.2, 0.25) is 0 Å². The Bertz CT molecular complexity index is 1080. The van der Waals surface area contributed by atoms with E-state index in [0.717, 1.165) is 0 Å². The monoisotopic (exact) mass is 376 g/mol. The third-order valence-electron chi connectivity index (χ3n) is 4.25. The number of carbonyl (C=O) groups is 3. The lowest BCUT2D eigenvalue weighted by molar-refractivity contribution is -0.123. The molecule has 0 radical (unpaired) electrons. The number of carbonyl (C=O) groups excluding carboxylic acids is 3. The molecule has 0 aliphatic rings. The Kier molecular flexibility index (Phi) is 5.49. The molecule has 3 aromatic rings. The van der Waals surface area contributed by atoms with Crippen LogP contribution in [0.3, 0.4) is 0 Å². The van der Waals surface area contributed by atoms with Crippen molar-refractivity contribution in [2.45, 2.75) is 26.9 Å². The van der Waals surface area contributed by atoms with Crippen molar-refractivity contribution < 1.29 is 19.1 Å². The third kappa shape index (κ3) is 4.23. The highest BCUT2D eigenvalue weighted by molar-refractivity contribution is 6.05. The summed E-state index contributed by atoms with van der Waals surface area (Å²) in [5, 5.41) is 3.33. The van der Waals surface area contributed by atoms with E-state index in [9.17, 15) is 14.4 Å². The quantitative estimate of drug-likeness (QED) is 0.539. The van der Waals surface area contributed by atoms with Crippen LogP contribution in [0.4, 0.5) is 5.69 Å². The van der Waals surface area contributed by atoms with Gasteiger partial charge in [-0.1, -0.05) is 30.3 Å². The van der Waals surface area contributed by atoms with Crippen molar-refractivity contribution in [1.82, 2.24) is 4.98 Å². The maximum absolute atomic E-state index is 12.6. The van der Waals surface area contributed by atoms with Crippen molar-refractivity contribution in [1.29, 1.82) is 0 Å². The minimum absolute atomic E-state index is 0.101. The summed E-state index contributed by atoms with van der Waals surface area (Å²) in [5.41, 5.74) is 2.68. The first kappa shape index (κ1) is 19.2. The first-order valence-electron chi connectivity index (χ1n) is 8.84. The van der Waals surface area contributed by atoms with Crippen molar-refractivity contribution >= 4 is 34.3 Å². The topological polar surface area (TPSA) is 85.4 Å². The summed E-state index contributed by atoms with van der Waals surface area (Å²) in [5.74, 6) is -1.18. The number of ether oxygens (including phenoxy) is 1. The van der Waals surface area contributed by atoms with Gasteiger partial charge in [-0.25, -0.2) is 4.79 Å². The van der Waals surface area contributed by atoms with Crippen LogP contribution < -0.4 is 5.32 Å². The van der Waals surface area contributed by atoms with Crippen molar-refractivity contribution in [3.63, 3.8) is 0 Å². The predicted molar refractivity (Wildman–Crippen MR) is 106 cm³/mol. The number of ketones is 1. The van der Waals surface area contributed by atoms with Gasteiger partial charge in [0.1, 0.15) is 0 Å². The van der Waals surface area contributed by atoms with Gasteiger partial charge in [-0.2, -0.15) is 0 Å². The van der Waals surface area contributed by atoms with Crippen LogP contribution in [0.1, 0.15) is 40.3 Å². The number of nitrogens with zero attached hydrogens (tertiary/aromatic N) is 1. The Labute approximate surface area is 162 Å². The molecule has 0 aliphatic heterocycles. The van der Waals surface area contributed by atoms with Gasteiger partial charge in [-0.05, 0) is 45.0 Å². The van der Waals surface area contributed by atoms with Crippen LogP contribution >= 0.6 is 0 Å². The zero-order chi connectivity index (χ0) is 20.3. The molecule has 0 fully saturated rings. The molecule has 6 nitrogen and oxygen atoms in total. The van der Waals surface area contributed by atoms with Crippen molar-refractivity contribution in [2.75, 3.05) is 5.32 Å². The summed E-state index contributed by atoms with van der Waals surface area (Å²) < 4.78 is 5.37. The lowest BCUT2D eigenvalue weighted by Crippen LogP contribution is -2.30. The lowest BCUT2D eigenvalue weighted by Gasteiger charge is -2.15. The molecule has 1 atom stereocenters. The first-order chi connectivity index (χ1) is 13.3. The maximum atomic E-state index is 12.6. The summed E-state index contributed by atoms with van der Waals surface area (Å²) in [7, 11) is 0. The predicted octanol–water partition coefficient (Wildman–Crippen LogP) is 3.93. The van der Waals surface area contributed by atoms with Gasteiger partial charge in [0.25, 0.3) is 5.91 Å². The number of fused-ring (bicyclic) bond motifs is 1. The summed E-state index contributed by atoms with van der Waals surface area (Å²) in [6.07, 6.45) is -1.01. The van der Waals surface area contributed by atoms with Gasteiger partial charge in [-0.15, -0.1) is 0 Å². The van der Waals surface area contributed by atoms with Gasteiger partial charge in [0.05, 0.1) is 11.1 Å². The normalized spacial score (nSPS) is 11.7. The molecule has 0 aliphatic carbocycles. The highest BCUT2D eigenvalue weighted by Gasteiger charge is 2.21. The van der Waals surface area contributed by atoms with E-state index in [0.29, 0.717) is 33.4 Å². The summed E-state index contributed by atoms with van der Waals surface area (Å²) in [4.78, 5) is 40.9. The van der Waals surface area contributed by atoms with E-state index in [2.05, 4.69) is 10.3 Å². The fourth-order valence-corrected chi connectivity index (χ4v) is 2.81. The van der Waals surface area contributed by atoms with Crippen LogP contribution in [-0.4, -0.2) is 28.7 Å². The maximum Gasteiger partial charge on any atom is 0.339 e. The number of Topliss-reactive ketones (excluding diaryl/α,β-unsaturated/α-hetero) is 1. The Balaban J connectivity index is 1.75. The molecule has 0 unspecified atom stereocenters. The molecule has 0 saturated carbocycles. The van der Waals surface area contributed by atoms with E-state index in [4.69, 9.17) is 4.74 Å². The fourth-order valence-electron chi connectivity index (χ4n) is 2.81. The summed E-state index contributed by atoms with van der Waals surface area (Å²) in [6, 6.07) is 15.5. The second-order valence-corrected chi connectivity index (χ2v) is 6.50. The number of rotatable bonds is 5. The molecule has 1 N–H and O–H groups in total. The van der Waals surface area contributed by atoms with Gasteiger partial charge in [-0.3, -0.25) is 14.6 Å². The van der Waals surface area contributed by atoms with E-state index in [1.807, 2.05) is 18.2 Å². The minimum Gasteiger partial charge on any atom is -0.449 e. The van der Waals surface area contributed by atoms with Crippen LogP contribution in [-0.2, 0) is 9.53 Å². The molecule has 1 amide bonds. The number of hydrogen-bond acceptors (Lipinski definition) is 5. The van der Waals surface area contributed by atoms with Gasteiger partial charge in [0.2, 0.25) is 0 Å². The first-order valence-corrected chi connectivity index (χ1v) is 8.84. The SMILES string of the molecule is CC(=O)c1cccc(NC(=O)[C@@H](C)OC(=O)c2cc(C)nc3ccccc23)c1. The fraction of sp³-hybridized carbons (Fsp3) is 0.182. The molecule has 1 heterocycles. The van der Waals surface area contributed by atoms with E-state index >= 15 is 0 Å². The number of benzene rings is 2.